The maximum absolute atomic E-state index is 13.3. The van der Waals surface area contributed by atoms with Crippen LogP contribution in [0.25, 0.3) is 11.0 Å². The van der Waals surface area contributed by atoms with E-state index < -0.39 is 6.04 Å². The summed E-state index contributed by atoms with van der Waals surface area (Å²) < 4.78 is 6.89. The van der Waals surface area contributed by atoms with Crippen molar-refractivity contribution in [3.05, 3.63) is 76.3 Å². The molecule has 2 aromatic carbocycles. The maximum Gasteiger partial charge on any atom is 0.253 e. The number of hydrogen-bond acceptors (Lipinski definition) is 5. The number of ether oxygens (including phenoxy) is 1. The van der Waals surface area contributed by atoms with Crippen LogP contribution in [0.2, 0.25) is 5.02 Å². The largest absolute Gasteiger partial charge is 0.370 e. The first-order chi connectivity index (χ1) is 17.4. The van der Waals surface area contributed by atoms with Crippen molar-refractivity contribution in [3.8, 4) is 0 Å². The summed E-state index contributed by atoms with van der Waals surface area (Å²) in [5, 5.41) is 8.12. The summed E-state index contributed by atoms with van der Waals surface area (Å²) in [6.45, 7) is 6.93. The number of rotatable bonds is 5. The van der Waals surface area contributed by atoms with Gasteiger partial charge < -0.3 is 19.9 Å². The lowest BCUT2D eigenvalue weighted by atomic mass is 10.1. The summed E-state index contributed by atoms with van der Waals surface area (Å²) >= 11 is 6.12. The van der Waals surface area contributed by atoms with Gasteiger partial charge in [-0.1, -0.05) is 25.4 Å². The van der Waals surface area contributed by atoms with Gasteiger partial charge in [-0.3, -0.25) is 14.3 Å². The number of aromatic amines is 1. The fraction of sp³-hybridized carbons (Fsp3) is 0.308. The van der Waals surface area contributed by atoms with E-state index in [1.807, 2.05) is 46.1 Å². The summed E-state index contributed by atoms with van der Waals surface area (Å²) in [6, 6.07) is 11.9. The average Bonchev–Trinajstić information content (AvgIpc) is 3.50. The van der Waals surface area contributed by atoms with Crippen LogP contribution >= 0.6 is 11.6 Å². The fourth-order valence-corrected chi connectivity index (χ4v) is 4.27. The van der Waals surface area contributed by atoms with Crippen molar-refractivity contribution in [1.82, 2.24) is 25.1 Å². The number of fused-ring (bicyclic) bond motifs is 1. The molecule has 0 spiro atoms. The number of aromatic nitrogens is 4. The molecule has 9 nitrogen and oxygen atoms in total. The molecular weight excluding hydrogens is 480 g/mol. The standard InChI is InChI=1S/C24H23ClN6O3.C2H6/c1-14-11-15(3-6-20(14)31-9-10-34-13-21(31)32)24(33)28-22(18-7-8-30(2)29-18)23-26-17-5-4-16(25)12-19(17)27-23;1-2/h3-8,11-12,22H,9-10,13H2,1-2H3,(H,26,27)(H,28,33);1-2H3. The number of morpholine rings is 1. The van der Waals surface area contributed by atoms with E-state index in [0.717, 1.165) is 22.3 Å². The monoisotopic (exact) mass is 508 g/mol. The molecule has 3 heterocycles. The highest BCUT2D eigenvalue weighted by atomic mass is 35.5. The number of H-pyrrole nitrogens is 1. The Bertz CT molecular complexity index is 1400. The van der Waals surface area contributed by atoms with Crippen LogP contribution in [0, 0.1) is 6.92 Å². The number of amides is 2. The van der Waals surface area contributed by atoms with Gasteiger partial charge in [0.1, 0.15) is 18.5 Å². The molecule has 1 aliphatic heterocycles. The van der Waals surface area contributed by atoms with E-state index in [4.69, 9.17) is 16.3 Å². The van der Waals surface area contributed by atoms with Crippen molar-refractivity contribution >= 4 is 40.1 Å². The number of carbonyl (C=O) groups excluding carboxylic acids is 2. The van der Waals surface area contributed by atoms with E-state index >= 15 is 0 Å². The molecule has 188 valence electrons. The number of benzene rings is 2. The van der Waals surface area contributed by atoms with Gasteiger partial charge in [-0.2, -0.15) is 5.10 Å². The minimum absolute atomic E-state index is 0.0656. The molecule has 5 rings (SSSR count). The predicted octanol–water partition coefficient (Wildman–Crippen LogP) is 4.17. The van der Waals surface area contributed by atoms with Gasteiger partial charge >= 0.3 is 0 Å². The molecule has 36 heavy (non-hydrogen) atoms. The molecule has 1 atom stereocenters. The summed E-state index contributed by atoms with van der Waals surface area (Å²) in [6.07, 6.45) is 1.81. The van der Waals surface area contributed by atoms with E-state index in [-0.39, 0.29) is 18.4 Å². The molecule has 1 fully saturated rings. The Kier molecular flexibility index (Phi) is 7.71. The van der Waals surface area contributed by atoms with Crippen LogP contribution in [0.5, 0.6) is 0 Å². The molecule has 4 aromatic rings. The second-order valence-corrected chi connectivity index (χ2v) is 8.64. The SMILES string of the molecule is CC.Cc1cc(C(=O)NC(c2ccn(C)n2)c2nc3ccc(Cl)cc3[nH]2)ccc1N1CCOCC1=O. The second kappa shape index (κ2) is 10.9. The van der Waals surface area contributed by atoms with Crippen LogP contribution in [0.3, 0.4) is 0 Å². The first-order valence-electron chi connectivity index (χ1n) is 11.8. The second-order valence-electron chi connectivity index (χ2n) is 8.20. The number of aryl methyl sites for hydroxylation is 2. The van der Waals surface area contributed by atoms with Crippen molar-refractivity contribution in [2.24, 2.45) is 7.05 Å². The third-order valence-electron chi connectivity index (χ3n) is 5.78. The highest BCUT2D eigenvalue weighted by molar-refractivity contribution is 6.31. The van der Waals surface area contributed by atoms with Gasteiger partial charge in [0.15, 0.2) is 0 Å². The summed E-state index contributed by atoms with van der Waals surface area (Å²) in [7, 11) is 1.82. The summed E-state index contributed by atoms with van der Waals surface area (Å²) in [5.41, 5.74) is 4.24. The van der Waals surface area contributed by atoms with E-state index in [9.17, 15) is 9.59 Å². The predicted molar refractivity (Wildman–Crippen MR) is 139 cm³/mol. The smallest absolute Gasteiger partial charge is 0.253 e. The Balaban J connectivity index is 0.00000148. The first-order valence-corrected chi connectivity index (χ1v) is 12.2. The molecule has 0 aliphatic carbocycles. The van der Waals surface area contributed by atoms with Gasteiger partial charge in [-0.15, -0.1) is 0 Å². The zero-order valence-corrected chi connectivity index (χ0v) is 21.5. The molecule has 10 heteroatoms. The van der Waals surface area contributed by atoms with Crippen molar-refractivity contribution in [2.45, 2.75) is 26.8 Å². The molecule has 2 aromatic heterocycles. The molecule has 1 saturated heterocycles. The van der Waals surface area contributed by atoms with Crippen LogP contribution in [0.15, 0.2) is 48.7 Å². The highest BCUT2D eigenvalue weighted by Gasteiger charge is 2.25. The molecule has 0 bridgehead atoms. The Morgan fingerprint density at radius 3 is 2.69 bits per heavy atom. The maximum atomic E-state index is 13.3. The van der Waals surface area contributed by atoms with Crippen LogP contribution in [0.4, 0.5) is 5.69 Å². The zero-order valence-electron chi connectivity index (χ0n) is 20.7. The zero-order chi connectivity index (χ0) is 25.8. The van der Waals surface area contributed by atoms with Crippen molar-refractivity contribution in [2.75, 3.05) is 24.7 Å². The van der Waals surface area contributed by atoms with Crippen LogP contribution in [0.1, 0.15) is 47.3 Å². The van der Waals surface area contributed by atoms with E-state index in [1.54, 1.807) is 39.9 Å². The Morgan fingerprint density at radius 2 is 2.00 bits per heavy atom. The van der Waals surface area contributed by atoms with Gasteiger partial charge in [0.05, 0.1) is 23.3 Å². The summed E-state index contributed by atoms with van der Waals surface area (Å²) in [4.78, 5) is 35.1. The third kappa shape index (κ3) is 5.27. The lowest BCUT2D eigenvalue weighted by molar-refractivity contribution is -0.125. The van der Waals surface area contributed by atoms with Crippen LogP contribution in [-0.2, 0) is 16.6 Å². The van der Waals surface area contributed by atoms with Crippen LogP contribution < -0.4 is 10.2 Å². The number of nitrogens with one attached hydrogen (secondary N) is 2. The van der Waals surface area contributed by atoms with Gasteiger partial charge in [-0.25, -0.2) is 4.98 Å². The number of nitrogens with zero attached hydrogens (tertiary/aromatic N) is 4. The molecule has 1 unspecified atom stereocenters. The minimum Gasteiger partial charge on any atom is -0.370 e. The lowest BCUT2D eigenvalue weighted by Gasteiger charge is -2.28. The number of imidazole rings is 1. The molecular formula is C26H29ClN6O3. The molecule has 0 saturated carbocycles. The molecule has 1 aliphatic rings. The number of hydrogen-bond donors (Lipinski definition) is 2. The van der Waals surface area contributed by atoms with E-state index in [2.05, 4.69) is 20.4 Å². The first kappa shape index (κ1) is 25.4. The summed E-state index contributed by atoms with van der Waals surface area (Å²) in [5.74, 6) is 0.181. The highest BCUT2D eigenvalue weighted by Crippen LogP contribution is 2.26. The van der Waals surface area contributed by atoms with Gasteiger partial charge in [-0.05, 0) is 55.0 Å². The normalized spacial score (nSPS) is 14.4. The lowest BCUT2D eigenvalue weighted by Crippen LogP contribution is -2.42. The Morgan fingerprint density at radius 1 is 1.19 bits per heavy atom. The van der Waals surface area contributed by atoms with Gasteiger partial charge in [0.2, 0.25) is 0 Å². The van der Waals surface area contributed by atoms with E-state index in [1.165, 1.54) is 0 Å². The Hall–Kier alpha value is -3.69. The molecule has 0 radical (unpaired) electrons. The Labute approximate surface area is 214 Å². The number of carbonyl (C=O) groups is 2. The van der Waals surface area contributed by atoms with Gasteiger partial charge in [0.25, 0.3) is 11.8 Å². The number of halogens is 1. The third-order valence-corrected chi connectivity index (χ3v) is 6.01. The fourth-order valence-electron chi connectivity index (χ4n) is 4.09. The quantitative estimate of drug-likeness (QED) is 0.421. The topological polar surface area (TPSA) is 105 Å². The average molecular weight is 509 g/mol. The van der Waals surface area contributed by atoms with E-state index in [0.29, 0.717) is 35.3 Å². The van der Waals surface area contributed by atoms with Crippen molar-refractivity contribution in [1.29, 1.82) is 0 Å². The van der Waals surface area contributed by atoms with Crippen LogP contribution in [-0.4, -0.2) is 51.3 Å². The molecule has 2 amide bonds. The molecule has 2 N–H and O–H groups in total. The van der Waals surface area contributed by atoms with Gasteiger partial charge in [0, 0.05) is 36.1 Å². The van der Waals surface area contributed by atoms with Crippen molar-refractivity contribution < 1.29 is 14.3 Å². The van der Waals surface area contributed by atoms with Crippen molar-refractivity contribution in [3.63, 3.8) is 0 Å². The minimum atomic E-state index is -0.597. The number of anilines is 1.